The molecule has 1 aromatic heterocycles. The number of hydrogen-bond acceptors (Lipinski definition) is 9. The molecule has 0 saturated heterocycles. The van der Waals surface area contributed by atoms with Crippen LogP contribution < -0.4 is 108 Å². The molecule has 3 aromatic carbocycles. The summed E-state index contributed by atoms with van der Waals surface area (Å²) in [6, 6.07) is 21.6. The Kier molecular flexibility index (Phi) is 20.2. The summed E-state index contributed by atoms with van der Waals surface area (Å²) >= 11 is 6.13. The molecule has 4 aromatic rings. The number of imidazole rings is 1. The average molecular weight is 716 g/mol. The van der Waals surface area contributed by atoms with Crippen molar-refractivity contribution in [3.63, 3.8) is 0 Å². The first kappa shape index (κ1) is 45.2. The van der Waals surface area contributed by atoms with E-state index in [0.29, 0.717) is 23.4 Å². The Hall–Kier alpha value is -0.840. The number of carbonyl (C=O) groups excluding carboxylic acids is 1. The minimum atomic E-state index is -5.39. The van der Waals surface area contributed by atoms with E-state index in [-0.39, 0.29) is 117 Å². The molecule has 1 heterocycles. The van der Waals surface area contributed by atoms with Crippen LogP contribution in [0.5, 0.6) is 0 Å². The van der Waals surface area contributed by atoms with Crippen LogP contribution in [-0.4, -0.2) is 35.0 Å². The number of phosphoric acid groups is 1. The van der Waals surface area contributed by atoms with Crippen LogP contribution in [0.25, 0.3) is 11.1 Å². The van der Waals surface area contributed by atoms with Crippen LogP contribution in [0.15, 0.2) is 83.8 Å². The van der Waals surface area contributed by atoms with Gasteiger partial charge in [0.05, 0.1) is 4.90 Å². The van der Waals surface area contributed by atoms with Crippen molar-refractivity contribution >= 4 is 41.3 Å². The van der Waals surface area contributed by atoms with Gasteiger partial charge in [-0.25, -0.2) is 22.9 Å². The third-order valence-electron chi connectivity index (χ3n) is 6.01. The molecule has 12 nitrogen and oxygen atoms in total. The Bertz CT molecular complexity index is 1750. The smallest absolute Gasteiger partial charge is 0.822 e. The van der Waals surface area contributed by atoms with Gasteiger partial charge in [-0.05, 0) is 35.7 Å². The van der Waals surface area contributed by atoms with Crippen LogP contribution in [0.3, 0.4) is 0 Å². The van der Waals surface area contributed by atoms with Crippen LogP contribution in [0.4, 0.5) is 0 Å². The molecule has 46 heavy (non-hydrogen) atoms. The number of carboxylic acid groups (broad SMARTS) is 1. The van der Waals surface area contributed by atoms with Crippen molar-refractivity contribution in [1.82, 2.24) is 14.3 Å². The van der Waals surface area contributed by atoms with Crippen LogP contribution in [0.2, 0.25) is 5.15 Å². The van der Waals surface area contributed by atoms with Crippen molar-refractivity contribution in [2.24, 2.45) is 0 Å². The molecular formula is C28H26ClN3Na3O9PS. The van der Waals surface area contributed by atoms with Gasteiger partial charge in [0.25, 0.3) is 15.9 Å². The Balaban J connectivity index is 0.00000235. The molecular weight excluding hydrogens is 690 g/mol. The summed E-state index contributed by atoms with van der Waals surface area (Å²) < 4.78 is 38.6. The molecule has 18 heteroatoms. The maximum Gasteiger partial charge on any atom is 1.00 e. The fraction of sp³-hybridized carbons (Fsp3) is 0.179. The third kappa shape index (κ3) is 13.6. The number of aromatic nitrogens is 2. The van der Waals surface area contributed by atoms with E-state index < -0.39 is 29.7 Å². The molecule has 2 N–H and O–H groups in total. The number of benzene rings is 3. The Morgan fingerprint density at radius 2 is 1.48 bits per heavy atom. The number of sulfonamides is 1. The summed E-state index contributed by atoms with van der Waals surface area (Å²) in [5.74, 6) is -1.27. The summed E-state index contributed by atoms with van der Waals surface area (Å²) in [7, 11) is -9.55. The zero-order chi connectivity index (χ0) is 31.8. The van der Waals surface area contributed by atoms with Gasteiger partial charge < -0.3 is 28.9 Å². The predicted molar refractivity (Wildman–Crippen MR) is 152 cm³/mol. The Morgan fingerprint density at radius 3 is 2.02 bits per heavy atom. The monoisotopic (exact) mass is 715 g/mol. The number of nitrogens with zero attached hydrogens (tertiary/aromatic N) is 2. The average Bonchev–Trinajstić information content (AvgIpc) is 3.26. The Morgan fingerprint density at radius 1 is 0.935 bits per heavy atom. The Labute approximate surface area is 338 Å². The second kappa shape index (κ2) is 20.6. The molecule has 0 unspecified atom stereocenters. The van der Waals surface area contributed by atoms with E-state index in [1.165, 1.54) is 18.2 Å². The molecule has 1 amide bonds. The maximum atomic E-state index is 13.1. The summed E-state index contributed by atoms with van der Waals surface area (Å²) in [6.07, 6.45) is 2.37. The van der Waals surface area contributed by atoms with Gasteiger partial charge >= 0.3 is 94.6 Å². The number of unbranched alkanes of at least 4 members (excludes halogenated alkanes) is 1. The fourth-order valence-corrected chi connectivity index (χ4v) is 5.59. The standard InChI is InChI=1S/C28H26ClN3O5S.3Na.H3O4P/c1-2-3-13-24-30-26(29)25(28(34)35)32(24)18-19-14-16-20(17-15-19)22-11-7-8-12-23(22)38(36,37)31-27(33)21-9-5-4-6-10-21;;;;1-5(2,3)4/h4-12,14-17H,2-3,13,18H2,1H3,(H,31,33)(H,34,35);;;;(H3,1,2,3,4)/q;3*+1;/p-3. The maximum absolute atomic E-state index is 13.1. The predicted octanol–water partition coefficient (Wildman–Crippen LogP) is -6.40. The zero-order valence-corrected chi connectivity index (χ0v) is 34.1. The third-order valence-corrected chi connectivity index (χ3v) is 7.66. The molecule has 0 aliphatic rings. The van der Waals surface area contributed by atoms with Gasteiger partial charge in [0.2, 0.25) is 0 Å². The topological polar surface area (TPSA) is 205 Å². The molecule has 4 rings (SSSR count). The van der Waals surface area contributed by atoms with E-state index in [0.717, 1.165) is 18.4 Å². The van der Waals surface area contributed by atoms with E-state index in [2.05, 4.69) is 9.71 Å². The first-order chi connectivity index (χ1) is 20.2. The summed E-state index contributed by atoms with van der Waals surface area (Å²) in [4.78, 5) is 54.2. The SMILES string of the molecule is CCCCc1nc(Cl)c(C(=O)O)n1Cc1ccc(-c2ccccc2S(=O)(=O)NC(=O)c2ccccc2)cc1.O=P([O-])([O-])[O-].[Na+].[Na+].[Na+]. The van der Waals surface area contributed by atoms with Crippen LogP contribution in [-0.2, 0) is 27.6 Å². The number of aryl methyl sites for hydroxylation is 1. The molecule has 0 aliphatic heterocycles. The van der Waals surface area contributed by atoms with Gasteiger partial charge in [-0.15, -0.1) is 0 Å². The second-order valence-corrected chi connectivity index (χ2v) is 12.0. The van der Waals surface area contributed by atoms with E-state index in [9.17, 15) is 23.1 Å². The zero-order valence-electron chi connectivity index (χ0n) is 25.7. The normalized spacial score (nSPS) is 10.6. The molecule has 0 aliphatic carbocycles. The van der Waals surface area contributed by atoms with E-state index in [1.807, 2.05) is 6.92 Å². The van der Waals surface area contributed by atoms with Crippen LogP contribution >= 0.6 is 19.4 Å². The minimum Gasteiger partial charge on any atom is -0.822 e. The van der Waals surface area contributed by atoms with Crippen molar-refractivity contribution in [2.75, 3.05) is 0 Å². The van der Waals surface area contributed by atoms with Gasteiger partial charge in [0.1, 0.15) is 5.82 Å². The molecule has 0 bridgehead atoms. The van der Waals surface area contributed by atoms with Crippen molar-refractivity contribution in [3.8, 4) is 11.1 Å². The van der Waals surface area contributed by atoms with Crippen molar-refractivity contribution in [1.29, 1.82) is 0 Å². The summed E-state index contributed by atoms with van der Waals surface area (Å²) in [6.45, 7) is 2.28. The summed E-state index contributed by atoms with van der Waals surface area (Å²) in [5.41, 5.74) is 2.01. The molecule has 0 radical (unpaired) electrons. The van der Waals surface area contributed by atoms with Gasteiger partial charge in [-0.3, -0.25) is 4.79 Å². The van der Waals surface area contributed by atoms with Crippen molar-refractivity contribution < 1.29 is 131 Å². The first-order valence-corrected chi connectivity index (χ1v) is 16.0. The van der Waals surface area contributed by atoms with Gasteiger partial charge in [-0.1, -0.05) is 85.6 Å². The van der Waals surface area contributed by atoms with E-state index in [4.69, 9.17) is 30.8 Å². The van der Waals surface area contributed by atoms with E-state index >= 15 is 0 Å². The molecule has 0 spiro atoms. The molecule has 0 fully saturated rings. The number of carboxylic acids is 1. The van der Waals surface area contributed by atoms with Gasteiger partial charge in [-0.2, -0.15) is 7.82 Å². The number of amides is 1. The largest absolute Gasteiger partial charge is 1.00 e. The van der Waals surface area contributed by atoms with Crippen molar-refractivity contribution in [2.45, 2.75) is 37.6 Å². The number of rotatable bonds is 10. The molecule has 0 atom stereocenters. The first-order valence-electron chi connectivity index (χ1n) is 12.7. The van der Waals surface area contributed by atoms with Crippen LogP contribution in [0.1, 0.15) is 52.0 Å². The number of hydrogen-bond donors (Lipinski definition) is 2. The van der Waals surface area contributed by atoms with Gasteiger partial charge in [0, 0.05) is 24.1 Å². The van der Waals surface area contributed by atoms with Crippen molar-refractivity contribution in [3.05, 3.63) is 107 Å². The fourth-order valence-electron chi connectivity index (χ4n) is 4.10. The van der Waals surface area contributed by atoms with Gasteiger partial charge in [0.15, 0.2) is 10.8 Å². The molecule has 228 valence electrons. The van der Waals surface area contributed by atoms with E-state index in [1.54, 1.807) is 65.2 Å². The van der Waals surface area contributed by atoms with Crippen LogP contribution in [0, 0.1) is 0 Å². The minimum absolute atomic E-state index is 0. The quantitative estimate of drug-likeness (QED) is 0.117. The number of aromatic carboxylic acids is 1. The number of nitrogens with one attached hydrogen (secondary N) is 1. The summed E-state index contributed by atoms with van der Waals surface area (Å²) in [5, 5.41) is 9.62. The number of halogens is 1. The second-order valence-electron chi connectivity index (χ2n) is 9.10. The number of carbonyl (C=O) groups is 2. The molecule has 0 saturated carbocycles.